The Balaban J connectivity index is 1.20. The standard InChI is InChI=1S/C30H40ClF2N7O5S/c31-26-13-21(30(32,33)20-3-1-19(2-4-20)29(43)36-16-23(35)18-41)14-27(37-26)38-9-11-39(12-10-38)46(44,45)25-7-5-24(6-8-25)40-17-22(34)15-28(40)42/h5-8,13-14,19-20,22-23,41H,1-4,9-12,15-18,34-35H2,(H,36,43)/t19-,20-,22-,23?/m1/s1. The van der Waals surface area contributed by atoms with Crippen molar-refractivity contribution in [2.24, 2.45) is 23.3 Å². The number of hydrogen-bond acceptors (Lipinski definition) is 9. The normalized spacial score (nSPS) is 23.9. The molecule has 2 amide bonds. The summed E-state index contributed by atoms with van der Waals surface area (Å²) in [5.41, 5.74) is 11.8. The van der Waals surface area contributed by atoms with Gasteiger partial charge in [0.25, 0.3) is 5.92 Å². The van der Waals surface area contributed by atoms with Crippen molar-refractivity contribution in [1.82, 2.24) is 14.6 Å². The van der Waals surface area contributed by atoms with Gasteiger partial charge in [0.1, 0.15) is 11.0 Å². The van der Waals surface area contributed by atoms with Crippen LogP contribution in [-0.2, 0) is 25.5 Å². The Morgan fingerprint density at radius 3 is 2.35 bits per heavy atom. The SMILES string of the molecule is NC(CO)CNC(=O)[C@H]1CC[C@H](C(F)(F)c2cc(Cl)nc(N3CCN(S(=O)(=O)c4ccc(N5C[C@H](N)CC5=O)cc4)CC3)c2)CC1. The molecule has 1 aliphatic carbocycles. The molecular formula is C30H40ClF2N7O5S. The number of nitrogens with two attached hydrogens (primary N) is 2. The largest absolute Gasteiger partial charge is 0.395 e. The molecule has 46 heavy (non-hydrogen) atoms. The molecule has 1 aromatic carbocycles. The van der Waals surface area contributed by atoms with Crippen LogP contribution < -0.4 is 26.6 Å². The van der Waals surface area contributed by atoms with Gasteiger partial charge in [-0.2, -0.15) is 4.31 Å². The summed E-state index contributed by atoms with van der Waals surface area (Å²) in [6, 6.07) is 7.76. The van der Waals surface area contributed by atoms with Crippen molar-refractivity contribution in [1.29, 1.82) is 0 Å². The Bertz CT molecular complexity index is 1520. The van der Waals surface area contributed by atoms with Crippen LogP contribution in [0.2, 0.25) is 5.15 Å². The zero-order chi connectivity index (χ0) is 33.2. The van der Waals surface area contributed by atoms with Crippen LogP contribution in [0.25, 0.3) is 0 Å². The highest BCUT2D eigenvalue weighted by Gasteiger charge is 2.44. The molecule has 2 aromatic rings. The maximum atomic E-state index is 15.8. The number of carbonyl (C=O) groups is 2. The van der Waals surface area contributed by atoms with Crippen molar-refractivity contribution < 1.29 is 31.9 Å². The lowest BCUT2D eigenvalue weighted by Gasteiger charge is -2.36. The summed E-state index contributed by atoms with van der Waals surface area (Å²) in [4.78, 5) is 32.2. The number of amides is 2. The molecule has 3 fully saturated rings. The van der Waals surface area contributed by atoms with Gasteiger partial charge in [0.15, 0.2) is 0 Å². The van der Waals surface area contributed by atoms with Crippen LogP contribution >= 0.6 is 11.6 Å². The van der Waals surface area contributed by atoms with E-state index >= 15 is 8.78 Å². The number of sulfonamides is 1. The maximum Gasteiger partial charge on any atom is 0.276 e. The Kier molecular flexibility index (Phi) is 10.5. The molecule has 3 heterocycles. The highest BCUT2D eigenvalue weighted by atomic mass is 35.5. The number of piperazine rings is 1. The second-order valence-electron chi connectivity index (χ2n) is 12.2. The number of aromatic nitrogens is 1. The Morgan fingerprint density at radius 2 is 1.76 bits per heavy atom. The Hall–Kier alpha value is -2.95. The van der Waals surface area contributed by atoms with E-state index in [1.807, 2.05) is 0 Å². The fourth-order valence-corrected chi connectivity index (χ4v) is 7.95. The molecule has 0 radical (unpaired) electrons. The number of aliphatic hydroxyl groups is 1. The molecule has 1 saturated carbocycles. The van der Waals surface area contributed by atoms with Crippen molar-refractivity contribution in [3.63, 3.8) is 0 Å². The summed E-state index contributed by atoms with van der Waals surface area (Å²) in [6.45, 7) is 0.887. The highest BCUT2D eigenvalue weighted by molar-refractivity contribution is 7.89. The van der Waals surface area contributed by atoms with Crippen LogP contribution in [0.15, 0.2) is 41.3 Å². The molecule has 16 heteroatoms. The van der Waals surface area contributed by atoms with Crippen molar-refractivity contribution in [3.8, 4) is 0 Å². The smallest absolute Gasteiger partial charge is 0.276 e. The van der Waals surface area contributed by atoms with E-state index < -0.39 is 33.8 Å². The number of carbonyl (C=O) groups excluding carboxylic acids is 2. The molecule has 5 rings (SSSR count). The number of nitrogens with zero attached hydrogens (tertiary/aromatic N) is 4. The lowest BCUT2D eigenvalue weighted by molar-refractivity contribution is -0.129. The topological polar surface area (TPSA) is 175 Å². The van der Waals surface area contributed by atoms with Gasteiger partial charge in [0.2, 0.25) is 21.8 Å². The number of anilines is 2. The molecule has 2 saturated heterocycles. The molecule has 0 spiro atoms. The van der Waals surface area contributed by atoms with Crippen molar-refractivity contribution in [2.75, 3.05) is 55.7 Å². The number of halogens is 3. The molecule has 3 aliphatic rings. The maximum absolute atomic E-state index is 15.8. The van der Waals surface area contributed by atoms with Crippen molar-refractivity contribution >= 4 is 44.9 Å². The lowest BCUT2D eigenvalue weighted by atomic mass is 9.77. The second kappa shape index (κ2) is 14.0. The van der Waals surface area contributed by atoms with Crippen molar-refractivity contribution in [3.05, 3.63) is 47.1 Å². The van der Waals surface area contributed by atoms with Crippen LogP contribution in [0.3, 0.4) is 0 Å². The van der Waals surface area contributed by atoms with Gasteiger partial charge in [-0.3, -0.25) is 9.59 Å². The molecular weight excluding hydrogens is 644 g/mol. The van der Waals surface area contributed by atoms with Crippen LogP contribution in [0, 0.1) is 11.8 Å². The van der Waals surface area contributed by atoms with Gasteiger partial charge in [-0.25, -0.2) is 22.2 Å². The first-order valence-corrected chi connectivity index (χ1v) is 17.2. The first-order valence-electron chi connectivity index (χ1n) is 15.4. The predicted molar refractivity (Wildman–Crippen MR) is 169 cm³/mol. The third kappa shape index (κ3) is 7.44. The van der Waals surface area contributed by atoms with Gasteiger partial charge in [0, 0.05) is 80.9 Å². The molecule has 1 unspecified atom stereocenters. The summed E-state index contributed by atoms with van der Waals surface area (Å²) >= 11 is 6.22. The summed E-state index contributed by atoms with van der Waals surface area (Å²) < 4.78 is 59.7. The first-order chi connectivity index (χ1) is 21.8. The van der Waals surface area contributed by atoms with Gasteiger partial charge < -0.3 is 31.7 Å². The minimum Gasteiger partial charge on any atom is -0.395 e. The van der Waals surface area contributed by atoms with Gasteiger partial charge in [-0.15, -0.1) is 0 Å². The molecule has 2 atom stereocenters. The lowest BCUT2D eigenvalue weighted by Crippen LogP contribution is -2.49. The molecule has 1 aromatic heterocycles. The highest BCUT2D eigenvalue weighted by Crippen LogP contribution is 2.46. The van der Waals surface area contributed by atoms with Crippen LogP contribution in [-0.4, -0.2) is 92.6 Å². The number of alkyl halides is 2. The van der Waals surface area contributed by atoms with Gasteiger partial charge in [-0.05, 0) is 62.1 Å². The van der Waals surface area contributed by atoms with E-state index in [0.29, 0.717) is 25.1 Å². The molecule has 6 N–H and O–H groups in total. The summed E-state index contributed by atoms with van der Waals surface area (Å²) in [5, 5.41) is 11.6. The molecule has 2 aliphatic heterocycles. The van der Waals surface area contributed by atoms with Crippen LogP contribution in [0.1, 0.15) is 37.7 Å². The minimum atomic E-state index is -3.84. The number of nitrogens with one attached hydrogen (secondary N) is 1. The summed E-state index contributed by atoms with van der Waals surface area (Å²) in [5.74, 6) is -4.72. The van der Waals surface area contributed by atoms with Crippen molar-refractivity contribution in [2.45, 2.75) is 55.0 Å². The van der Waals surface area contributed by atoms with Gasteiger partial charge >= 0.3 is 0 Å². The van der Waals surface area contributed by atoms with E-state index in [1.165, 1.54) is 27.4 Å². The van der Waals surface area contributed by atoms with E-state index in [-0.39, 0.29) is 97.9 Å². The Labute approximate surface area is 272 Å². The third-order valence-electron chi connectivity index (χ3n) is 9.05. The number of rotatable bonds is 10. The average molecular weight is 684 g/mol. The molecule has 0 bridgehead atoms. The first kappa shape index (κ1) is 34.4. The van der Waals surface area contributed by atoms with Gasteiger partial charge in [0.05, 0.1) is 11.5 Å². The minimum absolute atomic E-state index is 0.0874. The third-order valence-corrected chi connectivity index (χ3v) is 11.2. The summed E-state index contributed by atoms with van der Waals surface area (Å²) in [7, 11) is -3.84. The van der Waals surface area contributed by atoms with E-state index in [9.17, 15) is 18.0 Å². The fourth-order valence-electron chi connectivity index (χ4n) is 6.32. The Morgan fingerprint density at radius 1 is 1.11 bits per heavy atom. The van der Waals surface area contributed by atoms with E-state index in [2.05, 4.69) is 10.3 Å². The monoisotopic (exact) mass is 683 g/mol. The second-order valence-corrected chi connectivity index (χ2v) is 14.6. The number of pyridine rings is 1. The summed E-state index contributed by atoms with van der Waals surface area (Å²) in [6.07, 6.45) is 1.14. The molecule has 252 valence electrons. The fraction of sp³-hybridized carbons (Fsp3) is 0.567. The van der Waals surface area contributed by atoms with Crippen LogP contribution in [0.5, 0.6) is 0 Å². The number of aliphatic hydroxyl groups excluding tert-OH is 1. The predicted octanol–water partition coefficient (Wildman–Crippen LogP) is 1.64. The molecule has 12 nitrogen and oxygen atoms in total. The van der Waals surface area contributed by atoms with E-state index in [1.54, 1.807) is 17.0 Å². The van der Waals surface area contributed by atoms with E-state index in [0.717, 1.165) is 6.07 Å². The zero-order valence-corrected chi connectivity index (χ0v) is 26.9. The zero-order valence-electron chi connectivity index (χ0n) is 25.3. The number of hydrogen-bond donors (Lipinski definition) is 4. The van der Waals surface area contributed by atoms with E-state index in [4.69, 9.17) is 28.2 Å². The quantitative estimate of drug-likeness (QED) is 0.272. The number of benzene rings is 1. The average Bonchev–Trinajstić information content (AvgIpc) is 3.40. The van der Waals surface area contributed by atoms with Gasteiger partial charge in [-0.1, -0.05) is 11.6 Å². The van der Waals surface area contributed by atoms with Crippen LogP contribution in [0.4, 0.5) is 20.3 Å².